The summed E-state index contributed by atoms with van der Waals surface area (Å²) in [4.78, 5) is 20.0. The molecule has 1 amide bonds. The number of piperidine rings is 1. The van der Waals surface area contributed by atoms with Crippen molar-refractivity contribution in [2.75, 3.05) is 26.2 Å². The van der Waals surface area contributed by atoms with Crippen LogP contribution in [0.2, 0.25) is 0 Å². The van der Waals surface area contributed by atoms with Gasteiger partial charge in [-0.15, -0.1) is 0 Å². The Kier molecular flexibility index (Phi) is 6.07. The molecule has 0 radical (unpaired) electrons. The van der Waals surface area contributed by atoms with Crippen molar-refractivity contribution >= 4 is 11.6 Å². The van der Waals surface area contributed by atoms with Gasteiger partial charge in [-0.2, -0.15) is 5.10 Å². The maximum absolute atomic E-state index is 12.0. The van der Waals surface area contributed by atoms with Crippen LogP contribution >= 0.6 is 0 Å². The lowest BCUT2D eigenvalue weighted by Gasteiger charge is -2.32. The number of aryl methyl sites for hydroxylation is 1. The van der Waals surface area contributed by atoms with E-state index in [2.05, 4.69) is 27.4 Å². The highest BCUT2D eigenvalue weighted by Gasteiger charge is 2.26. The van der Waals surface area contributed by atoms with E-state index >= 15 is 0 Å². The summed E-state index contributed by atoms with van der Waals surface area (Å²) in [7, 11) is 0. The molecule has 1 aromatic heterocycles. The Hall–Kier alpha value is -1.89. The molecule has 0 aliphatic carbocycles. The van der Waals surface area contributed by atoms with E-state index in [9.17, 15) is 4.79 Å². The second kappa shape index (κ2) is 8.47. The molecule has 1 fully saturated rings. The van der Waals surface area contributed by atoms with Crippen molar-refractivity contribution in [1.82, 2.24) is 20.0 Å². The van der Waals surface area contributed by atoms with E-state index in [1.807, 2.05) is 13.1 Å². The van der Waals surface area contributed by atoms with Crippen LogP contribution in [0.5, 0.6) is 0 Å². The molecule has 1 unspecified atom stereocenters. The second-order valence-electron chi connectivity index (χ2n) is 7.21. The Morgan fingerprint density at radius 1 is 1.40 bits per heavy atom. The van der Waals surface area contributed by atoms with Crippen LogP contribution in [0.4, 0.5) is 0 Å². The highest BCUT2D eigenvalue weighted by molar-refractivity contribution is 5.85. The molecule has 3 rings (SSSR count). The summed E-state index contributed by atoms with van der Waals surface area (Å²) in [5.41, 5.74) is 2.25. The molecule has 0 saturated carbocycles. The molecule has 7 heteroatoms. The number of carbonyl (C=O) groups is 1. The summed E-state index contributed by atoms with van der Waals surface area (Å²) in [5.74, 6) is 0.598. The third-order valence-electron chi connectivity index (χ3n) is 5.03. The largest absolute Gasteiger partial charge is 0.391 e. The van der Waals surface area contributed by atoms with E-state index in [0.29, 0.717) is 12.5 Å². The van der Waals surface area contributed by atoms with E-state index < -0.39 is 0 Å². The number of likely N-dealkylation sites (tertiary alicyclic amines) is 1. The van der Waals surface area contributed by atoms with E-state index in [-0.39, 0.29) is 12.0 Å². The lowest BCUT2D eigenvalue weighted by atomic mass is 9.96. The van der Waals surface area contributed by atoms with Crippen LogP contribution < -0.4 is 5.32 Å². The van der Waals surface area contributed by atoms with Crippen molar-refractivity contribution in [1.29, 1.82) is 0 Å². The van der Waals surface area contributed by atoms with Crippen LogP contribution in [0.3, 0.4) is 0 Å². The van der Waals surface area contributed by atoms with Crippen molar-refractivity contribution in [3.8, 4) is 0 Å². The predicted molar refractivity (Wildman–Crippen MR) is 96.4 cm³/mol. The maximum Gasteiger partial charge on any atom is 0.241 e. The fourth-order valence-electron chi connectivity index (χ4n) is 3.47. The van der Waals surface area contributed by atoms with Gasteiger partial charge >= 0.3 is 0 Å². The van der Waals surface area contributed by atoms with Crippen molar-refractivity contribution < 1.29 is 9.63 Å². The van der Waals surface area contributed by atoms with Crippen molar-refractivity contribution in [3.05, 3.63) is 18.0 Å². The summed E-state index contributed by atoms with van der Waals surface area (Å²) < 4.78 is 1.68. The highest BCUT2D eigenvalue weighted by Crippen LogP contribution is 2.20. The first-order chi connectivity index (χ1) is 12.1. The van der Waals surface area contributed by atoms with Crippen molar-refractivity contribution in [2.45, 2.75) is 52.2 Å². The molecule has 138 valence electrons. The SMILES string of the molecule is CCC1=NOC(CN2CCC(CNC(=O)Cn3cc(C)cn3)CC2)C1. The standard InChI is InChI=1S/C18H29N5O2/c1-3-16-8-17(25-21-16)12-22-6-4-15(5-7-22)10-19-18(24)13-23-11-14(2)9-20-23/h9,11,15,17H,3-8,10,12-13H2,1-2H3,(H,19,24). The zero-order chi connectivity index (χ0) is 17.6. The lowest BCUT2D eigenvalue weighted by Crippen LogP contribution is -2.42. The fourth-order valence-corrected chi connectivity index (χ4v) is 3.47. The number of oxime groups is 1. The number of carbonyl (C=O) groups excluding carboxylic acids is 1. The summed E-state index contributed by atoms with van der Waals surface area (Å²) in [6.07, 6.45) is 8.08. The van der Waals surface area contributed by atoms with Gasteiger partial charge in [0.2, 0.25) is 5.91 Å². The topological polar surface area (TPSA) is 71.8 Å². The third kappa shape index (κ3) is 5.29. The minimum atomic E-state index is 0.0362. The molecular weight excluding hydrogens is 318 g/mol. The van der Waals surface area contributed by atoms with E-state index in [0.717, 1.165) is 57.4 Å². The molecule has 1 saturated heterocycles. The molecule has 0 bridgehead atoms. The number of amides is 1. The molecule has 0 spiro atoms. The number of rotatable bonds is 7. The van der Waals surface area contributed by atoms with Gasteiger partial charge in [-0.25, -0.2) is 0 Å². The average molecular weight is 347 g/mol. The normalized spacial score (nSPS) is 21.8. The maximum atomic E-state index is 12.0. The number of aromatic nitrogens is 2. The van der Waals surface area contributed by atoms with Gasteiger partial charge in [0.25, 0.3) is 0 Å². The van der Waals surface area contributed by atoms with Gasteiger partial charge in [0.05, 0.1) is 11.9 Å². The van der Waals surface area contributed by atoms with Crippen LogP contribution in [-0.4, -0.2) is 58.6 Å². The quantitative estimate of drug-likeness (QED) is 0.813. The highest BCUT2D eigenvalue weighted by atomic mass is 16.6. The number of hydrogen-bond acceptors (Lipinski definition) is 5. The molecule has 1 N–H and O–H groups in total. The van der Waals surface area contributed by atoms with Gasteiger partial charge in [-0.1, -0.05) is 12.1 Å². The van der Waals surface area contributed by atoms with Gasteiger partial charge in [0, 0.05) is 25.7 Å². The zero-order valence-electron chi connectivity index (χ0n) is 15.3. The molecule has 3 heterocycles. The number of nitrogens with zero attached hydrogens (tertiary/aromatic N) is 4. The average Bonchev–Trinajstić information content (AvgIpc) is 3.23. The van der Waals surface area contributed by atoms with Gasteiger partial charge in [0.1, 0.15) is 12.6 Å². The van der Waals surface area contributed by atoms with Crippen LogP contribution in [0.15, 0.2) is 17.5 Å². The molecule has 1 aromatic rings. The van der Waals surface area contributed by atoms with Gasteiger partial charge in [0.15, 0.2) is 0 Å². The minimum absolute atomic E-state index is 0.0362. The first-order valence-electron chi connectivity index (χ1n) is 9.32. The third-order valence-corrected chi connectivity index (χ3v) is 5.03. The second-order valence-corrected chi connectivity index (χ2v) is 7.21. The molecule has 25 heavy (non-hydrogen) atoms. The number of nitrogens with one attached hydrogen (secondary N) is 1. The molecule has 0 aromatic carbocycles. The lowest BCUT2D eigenvalue weighted by molar-refractivity contribution is -0.122. The summed E-state index contributed by atoms with van der Waals surface area (Å²) in [5, 5.41) is 11.3. The van der Waals surface area contributed by atoms with Gasteiger partial charge < -0.3 is 10.2 Å². The fraction of sp³-hybridized carbons (Fsp3) is 0.722. The van der Waals surface area contributed by atoms with Crippen LogP contribution in [0.25, 0.3) is 0 Å². The first kappa shape index (κ1) is 17.9. The van der Waals surface area contributed by atoms with Crippen LogP contribution in [-0.2, 0) is 16.2 Å². The Labute approximate surface area is 149 Å². The number of hydrogen-bond donors (Lipinski definition) is 1. The van der Waals surface area contributed by atoms with E-state index in [1.54, 1.807) is 10.9 Å². The smallest absolute Gasteiger partial charge is 0.241 e. The Morgan fingerprint density at radius 3 is 2.84 bits per heavy atom. The Balaban J connectivity index is 1.31. The summed E-state index contributed by atoms with van der Waals surface area (Å²) >= 11 is 0. The van der Waals surface area contributed by atoms with E-state index in [4.69, 9.17) is 4.84 Å². The van der Waals surface area contributed by atoms with Crippen LogP contribution in [0.1, 0.15) is 38.2 Å². The summed E-state index contributed by atoms with van der Waals surface area (Å²) in [6.45, 7) is 8.26. The first-order valence-corrected chi connectivity index (χ1v) is 9.32. The van der Waals surface area contributed by atoms with Crippen molar-refractivity contribution in [2.24, 2.45) is 11.1 Å². The van der Waals surface area contributed by atoms with Crippen LogP contribution in [0, 0.1) is 12.8 Å². The van der Waals surface area contributed by atoms with Crippen molar-refractivity contribution in [3.63, 3.8) is 0 Å². The molecule has 2 aliphatic rings. The monoisotopic (exact) mass is 347 g/mol. The zero-order valence-corrected chi connectivity index (χ0v) is 15.3. The van der Waals surface area contributed by atoms with Gasteiger partial charge in [-0.3, -0.25) is 14.4 Å². The summed E-state index contributed by atoms with van der Waals surface area (Å²) in [6, 6.07) is 0. The Morgan fingerprint density at radius 2 is 2.20 bits per heavy atom. The van der Waals surface area contributed by atoms with E-state index in [1.165, 1.54) is 5.71 Å². The van der Waals surface area contributed by atoms with Gasteiger partial charge in [-0.05, 0) is 50.8 Å². The molecule has 7 nitrogen and oxygen atoms in total. The molecule has 1 atom stereocenters. The predicted octanol–water partition coefficient (Wildman–Crippen LogP) is 1.57. The molecular formula is C18H29N5O2. The Bertz CT molecular complexity index is 604. The minimum Gasteiger partial charge on any atom is -0.391 e. The molecule has 2 aliphatic heterocycles.